The van der Waals surface area contributed by atoms with Gasteiger partial charge < -0.3 is 13.4 Å². The van der Waals surface area contributed by atoms with Crippen molar-refractivity contribution >= 4 is 34.2 Å². The molecule has 34 heavy (non-hydrogen) atoms. The average Bonchev–Trinajstić information content (AvgIpc) is 3.64. The van der Waals surface area contributed by atoms with E-state index >= 15 is 0 Å². The second-order valence-electron chi connectivity index (χ2n) is 7.97. The van der Waals surface area contributed by atoms with Crippen molar-refractivity contribution in [2.45, 2.75) is 24.8 Å². The number of thiophene rings is 1. The Balaban J connectivity index is 1.40. The minimum Gasteiger partial charge on any atom is -0.463 e. The molecule has 7 nitrogen and oxygen atoms in total. The summed E-state index contributed by atoms with van der Waals surface area (Å²) in [6.45, 7) is 4.05. The third-order valence-corrected chi connectivity index (χ3v) is 7.64. The van der Waals surface area contributed by atoms with Gasteiger partial charge in [-0.3, -0.25) is 4.57 Å². The Kier molecular flexibility index (Phi) is 5.15. The molecule has 9 heteroatoms. The molecular formula is C25H21N5O2S2. The lowest BCUT2D eigenvalue weighted by Crippen LogP contribution is -2.04. The lowest BCUT2D eigenvalue weighted by Gasteiger charge is -2.13. The number of furan rings is 1. The maximum atomic E-state index is 5.93. The quantitative estimate of drug-likeness (QED) is 0.245. The van der Waals surface area contributed by atoms with Crippen molar-refractivity contribution < 1.29 is 8.83 Å². The normalized spacial score (nSPS) is 11.6. The number of thioether (sulfide) groups is 1. The fourth-order valence-electron chi connectivity index (χ4n) is 4.03. The molecule has 5 heterocycles. The Bertz CT molecular complexity index is 1600. The predicted octanol–water partition coefficient (Wildman–Crippen LogP) is 6.64. The summed E-state index contributed by atoms with van der Waals surface area (Å²) in [4.78, 5) is 5.76. The number of hydrogen-bond acceptors (Lipinski definition) is 7. The summed E-state index contributed by atoms with van der Waals surface area (Å²) in [5.41, 5.74) is 5.87. The van der Waals surface area contributed by atoms with Crippen molar-refractivity contribution in [3.63, 3.8) is 0 Å². The third-order valence-electron chi connectivity index (χ3n) is 5.85. The molecule has 0 fully saturated rings. The van der Waals surface area contributed by atoms with Crippen molar-refractivity contribution in [2.24, 2.45) is 7.05 Å². The molecule has 0 saturated carbocycles. The Labute approximate surface area is 204 Å². The molecule has 6 aromatic rings. The van der Waals surface area contributed by atoms with Crippen LogP contribution in [0.15, 0.2) is 74.2 Å². The predicted molar refractivity (Wildman–Crippen MR) is 134 cm³/mol. The molecule has 0 atom stereocenters. The number of fused-ring (bicyclic) bond motifs is 1. The van der Waals surface area contributed by atoms with E-state index < -0.39 is 0 Å². The highest BCUT2D eigenvalue weighted by Gasteiger charge is 2.22. The first-order valence-corrected chi connectivity index (χ1v) is 12.6. The molecule has 0 unspecified atom stereocenters. The highest BCUT2D eigenvalue weighted by atomic mass is 32.2. The van der Waals surface area contributed by atoms with Gasteiger partial charge in [0, 0.05) is 24.9 Å². The van der Waals surface area contributed by atoms with Crippen LogP contribution in [0.1, 0.15) is 17.0 Å². The number of para-hydroxylation sites is 1. The zero-order chi connectivity index (χ0) is 23.2. The van der Waals surface area contributed by atoms with Crippen molar-refractivity contribution in [1.82, 2.24) is 24.3 Å². The molecule has 0 radical (unpaired) electrons. The van der Waals surface area contributed by atoms with Crippen LogP contribution >= 0.6 is 23.1 Å². The lowest BCUT2D eigenvalue weighted by molar-refractivity contribution is 0.542. The van der Waals surface area contributed by atoms with Crippen LogP contribution in [0.3, 0.4) is 0 Å². The van der Waals surface area contributed by atoms with Gasteiger partial charge in [0.1, 0.15) is 5.76 Å². The Morgan fingerprint density at radius 3 is 2.74 bits per heavy atom. The minimum absolute atomic E-state index is 0.625. The van der Waals surface area contributed by atoms with Crippen molar-refractivity contribution in [1.29, 1.82) is 0 Å². The van der Waals surface area contributed by atoms with Gasteiger partial charge in [0.05, 0.1) is 33.7 Å². The van der Waals surface area contributed by atoms with E-state index in [1.54, 1.807) is 29.4 Å². The molecule has 0 bridgehead atoms. The smallest absolute Gasteiger partial charge is 0.236 e. The first-order valence-electron chi connectivity index (χ1n) is 10.8. The van der Waals surface area contributed by atoms with Crippen LogP contribution in [-0.2, 0) is 12.8 Å². The van der Waals surface area contributed by atoms with Crippen molar-refractivity contribution in [3.8, 4) is 28.0 Å². The minimum atomic E-state index is 0.625. The lowest BCUT2D eigenvalue weighted by atomic mass is 10.2. The van der Waals surface area contributed by atoms with Gasteiger partial charge in [0.2, 0.25) is 5.89 Å². The monoisotopic (exact) mass is 487 g/mol. The SMILES string of the molecule is Cc1ccccc1-n1c(SCc2nc(-c3cccs3)oc2C)nnc1-c1cc2occc2n1C. The molecule has 0 amide bonds. The average molecular weight is 488 g/mol. The van der Waals surface area contributed by atoms with Crippen molar-refractivity contribution in [2.75, 3.05) is 0 Å². The topological polar surface area (TPSA) is 74.8 Å². The number of aryl methyl sites for hydroxylation is 3. The van der Waals surface area contributed by atoms with E-state index in [9.17, 15) is 0 Å². The van der Waals surface area contributed by atoms with Crippen molar-refractivity contribution in [3.05, 3.63) is 77.2 Å². The molecular weight excluding hydrogens is 466 g/mol. The van der Waals surface area contributed by atoms with Crippen LogP contribution in [0.25, 0.3) is 39.1 Å². The van der Waals surface area contributed by atoms with E-state index in [0.717, 1.165) is 55.4 Å². The molecule has 1 aromatic carbocycles. The van der Waals surface area contributed by atoms with Crippen LogP contribution in [-0.4, -0.2) is 24.3 Å². The van der Waals surface area contributed by atoms with Gasteiger partial charge in [0.25, 0.3) is 0 Å². The summed E-state index contributed by atoms with van der Waals surface area (Å²) in [6, 6.07) is 16.3. The highest BCUT2D eigenvalue weighted by molar-refractivity contribution is 7.98. The molecule has 0 aliphatic rings. The Morgan fingerprint density at radius 1 is 1.06 bits per heavy atom. The van der Waals surface area contributed by atoms with E-state index in [1.807, 2.05) is 55.7 Å². The fraction of sp³-hybridized carbons (Fsp3) is 0.160. The van der Waals surface area contributed by atoms with E-state index in [1.165, 1.54) is 0 Å². The van der Waals surface area contributed by atoms with Crippen LogP contribution in [0.4, 0.5) is 0 Å². The van der Waals surface area contributed by atoms with E-state index in [4.69, 9.17) is 13.8 Å². The molecule has 5 aromatic heterocycles. The third kappa shape index (κ3) is 3.48. The molecule has 0 aliphatic heterocycles. The largest absolute Gasteiger partial charge is 0.463 e. The van der Waals surface area contributed by atoms with Gasteiger partial charge in [-0.15, -0.1) is 21.5 Å². The van der Waals surface area contributed by atoms with Crippen LogP contribution < -0.4 is 0 Å². The first-order chi connectivity index (χ1) is 16.6. The summed E-state index contributed by atoms with van der Waals surface area (Å²) in [5.74, 6) is 2.87. The zero-order valence-corrected chi connectivity index (χ0v) is 20.5. The van der Waals surface area contributed by atoms with Crippen LogP contribution in [0.2, 0.25) is 0 Å². The molecule has 0 aliphatic carbocycles. The molecule has 170 valence electrons. The number of oxazole rings is 1. The summed E-state index contributed by atoms with van der Waals surface area (Å²) in [6.07, 6.45) is 1.70. The summed E-state index contributed by atoms with van der Waals surface area (Å²) in [7, 11) is 2.02. The zero-order valence-electron chi connectivity index (χ0n) is 18.8. The molecule has 0 saturated heterocycles. The Morgan fingerprint density at radius 2 is 1.94 bits per heavy atom. The number of aromatic nitrogens is 5. The maximum absolute atomic E-state index is 5.93. The van der Waals surface area contributed by atoms with Gasteiger partial charge in [-0.05, 0) is 36.9 Å². The number of nitrogens with zero attached hydrogens (tertiary/aromatic N) is 5. The van der Waals surface area contributed by atoms with E-state index in [2.05, 4.69) is 38.4 Å². The number of rotatable bonds is 6. The second kappa shape index (κ2) is 8.34. The summed E-state index contributed by atoms with van der Waals surface area (Å²) < 4.78 is 15.8. The highest BCUT2D eigenvalue weighted by Crippen LogP contribution is 2.34. The van der Waals surface area contributed by atoms with Gasteiger partial charge in [0.15, 0.2) is 16.6 Å². The van der Waals surface area contributed by atoms with Gasteiger partial charge >= 0.3 is 0 Å². The molecule has 0 N–H and O–H groups in total. The summed E-state index contributed by atoms with van der Waals surface area (Å²) >= 11 is 3.22. The second-order valence-corrected chi connectivity index (χ2v) is 9.86. The van der Waals surface area contributed by atoms with Crippen LogP contribution in [0.5, 0.6) is 0 Å². The van der Waals surface area contributed by atoms with E-state index in [-0.39, 0.29) is 0 Å². The van der Waals surface area contributed by atoms with Gasteiger partial charge in [-0.25, -0.2) is 4.98 Å². The summed E-state index contributed by atoms with van der Waals surface area (Å²) in [5, 5.41) is 12.0. The fourth-order valence-corrected chi connectivity index (χ4v) is 5.62. The molecule has 6 rings (SSSR count). The number of hydrogen-bond donors (Lipinski definition) is 0. The van der Waals surface area contributed by atoms with Gasteiger partial charge in [-0.1, -0.05) is 36.0 Å². The number of benzene rings is 1. The molecule has 0 spiro atoms. The first kappa shape index (κ1) is 21.0. The Hall–Kier alpha value is -3.56. The van der Waals surface area contributed by atoms with E-state index in [0.29, 0.717) is 11.6 Å². The maximum Gasteiger partial charge on any atom is 0.236 e. The standard InChI is InChI=1S/C25H21N5O2S2/c1-15-7-4-5-8-18(15)30-23(20-13-21-19(29(20)3)10-11-31-21)27-28-25(30)34-14-17-16(2)32-24(26-17)22-9-6-12-33-22/h4-13H,14H2,1-3H3. The van der Waals surface area contributed by atoms with Crippen LogP contribution in [0, 0.1) is 13.8 Å². The van der Waals surface area contributed by atoms with Gasteiger partial charge in [-0.2, -0.15) is 0 Å².